The van der Waals surface area contributed by atoms with E-state index in [9.17, 15) is 0 Å². The molecule has 0 saturated carbocycles. The molecule has 1 aliphatic rings. The third-order valence-corrected chi connectivity index (χ3v) is 2.98. The van der Waals surface area contributed by atoms with E-state index in [0.717, 1.165) is 44.0 Å². The predicted molar refractivity (Wildman–Crippen MR) is 70.5 cm³/mol. The molecule has 2 heterocycles. The number of hydrogen-bond donors (Lipinski definition) is 2. The molecule has 0 bridgehead atoms. The Morgan fingerprint density at radius 2 is 2.24 bits per heavy atom. The predicted octanol–water partition coefficient (Wildman–Crippen LogP) is 2.49. The molecular formula is C13H21N3O. The Labute approximate surface area is 103 Å². The van der Waals surface area contributed by atoms with Gasteiger partial charge in [-0.3, -0.25) is 4.98 Å². The molecule has 1 fully saturated rings. The summed E-state index contributed by atoms with van der Waals surface area (Å²) in [5, 5.41) is 6.84. The monoisotopic (exact) mass is 235 g/mol. The number of nitrogens with one attached hydrogen (secondary N) is 2. The Morgan fingerprint density at radius 1 is 1.41 bits per heavy atom. The minimum Gasteiger partial charge on any atom is -0.384 e. The van der Waals surface area contributed by atoms with E-state index < -0.39 is 0 Å². The molecule has 0 aromatic carbocycles. The molecule has 2 N–H and O–H groups in total. The fraction of sp³-hybridized carbons (Fsp3) is 0.615. The van der Waals surface area contributed by atoms with E-state index in [0.29, 0.717) is 0 Å². The summed E-state index contributed by atoms with van der Waals surface area (Å²) in [5.41, 5.74) is 2.17. The van der Waals surface area contributed by atoms with Gasteiger partial charge in [-0.1, -0.05) is 6.92 Å². The number of hydrogen-bond acceptors (Lipinski definition) is 4. The number of nitrogens with zero attached hydrogens (tertiary/aromatic N) is 1. The minimum atomic E-state index is 0.0467. The van der Waals surface area contributed by atoms with Crippen molar-refractivity contribution in [3.8, 4) is 0 Å². The van der Waals surface area contributed by atoms with Gasteiger partial charge in [0.1, 0.15) is 0 Å². The molecule has 1 aromatic rings. The van der Waals surface area contributed by atoms with Crippen LogP contribution in [0.15, 0.2) is 18.5 Å². The van der Waals surface area contributed by atoms with Gasteiger partial charge in [0.25, 0.3) is 0 Å². The van der Waals surface area contributed by atoms with Crippen molar-refractivity contribution in [3.05, 3.63) is 18.5 Å². The van der Waals surface area contributed by atoms with Crippen molar-refractivity contribution in [2.75, 3.05) is 30.4 Å². The van der Waals surface area contributed by atoms with Crippen LogP contribution in [0.2, 0.25) is 0 Å². The molecule has 0 aliphatic carbocycles. The van der Waals surface area contributed by atoms with Gasteiger partial charge in [0.15, 0.2) is 0 Å². The first kappa shape index (κ1) is 12.2. The maximum absolute atomic E-state index is 5.43. The highest BCUT2D eigenvalue weighted by Crippen LogP contribution is 2.24. The van der Waals surface area contributed by atoms with Crippen LogP contribution in [0.1, 0.15) is 26.7 Å². The molecule has 1 unspecified atom stereocenters. The van der Waals surface area contributed by atoms with Crippen LogP contribution in [0.25, 0.3) is 0 Å². The van der Waals surface area contributed by atoms with E-state index >= 15 is 0 Å². The standard InChI is InChI=1S/C13H21N3O/c1-3-5-15-11-7-12(9-14-8-11)16-13(2)4-6-17-10-13/h7-9,15-16H,3-6,10H2,1-2H3. The average molecular weight is 235 g/mol. The van der Waals surface area contributed by atoms with E-state index in [1.807, 2.05) is 12.4 Å². The van der Waals surface area contributed by atoms with Gasteiger partial charge in [-0.2, -0.15) is 0 Å². The van der Waals surface area contributed by atoms with Crippen LogP contribution in [0.4, 0.5) is 11.4 Å². The normalized spacial score (nSPS) is 23.6. The molecule has 4 heteroatoms. The topological polar surface area (TPSA) is 46.2 Å². The average Bonchev–Trinajstić information content (AvgIpc) is 2.73. The van der Waals surface area contributed by atoms with Gasteiger partial charge in [-0.25, -0.2) is 0 Å². The Kier molecular flexibility index (Phi) is 3.84. The van der Waals surface area contributed by atoms with E-state index in [2.05, 4.69) is 35.5 Å². The molecule has 0 amide bonds. The molecule has 0 spiro atoms. The Hall–Kier alpha value is -1.29. The van der Waals surface area contributed by atoms with Gasteiger partial charge in [0, 0.05) is 13.2 Å². The van der Waals surface area contributed by atoms with Gasteiger partial charge >= 0.3 is 0 Å². The van der Waals surface area contributed by atoms with Crippen LogP contribution >= 0.6 is 0 Å². The maximum Gasteiger partial charge on any atom is 0.0694 e. The number of anilines is 2. The summed E-state index contributed by atoms with van der Waals surface area (Å²) in [6.45, 7) is 6.92. The second-order valence-electron chi connectivity index (χ2n) is 4.88. The zero-order chi connectivity index (χ0) is 12.1. The smallest absolute Gasteiger partial charge is 0.0694 e. The van der Waals surface area contributed by atoms with Crippen molar-refractivity contribution in [2.24, 2.45) is 0 Å². The van der Waals surface area contributed by atoms with E-state index in [1.54, 1.807) is 0 Å². The molecule has 1 aromatic heterocycles. The maximum atomic E-state index is 5.43. The number of aromatic nitrogens is 1. The summed E-state index contributed by atoms with van der Waals surface area (Å²) in [6.07, 6.45) is 5.87. The van der Waals surface area contributed by atoms with Gasteiger partial charge in [-0.05, 0) is 25.8 Å². The largest absolute Gasteiger partial charge is 0.384 e. The molecule has 1 saturated heterocycles. The van der Waals surface area contributed by atoms with Crippen molar-refractivity contribution in [2.45, 2.75) is 32.2 Å². The Balaban J connectivity index is 2.00. The third kappa shape index (κ3) is 3.33. The minimum absolute atomic E-state index is 0.0467. The summed E-state index contributed by atoms with van der Waals surface area (Å²) in [5.74, 6) is 0. The summed E-state index contributed by atoms with van der Waals surface area (Å²) < 4.78 is 5.43. The molecule has 0 radical (unpaired) electrons. The highest BCUT2D eigenvalue weighted by atomic mass is 16.5. The zero-order valence-corrected chi connectivity index (χ0v) is 10.6. The van der Waals surface area contributed by atoms with Gasteiger partial charge < -0.3 is 15.4 Å². The number of ether oxygens (including phenoxy) is 1. The molecule has 17 heavy (non-hydrogen) atoms. The summed E-state index contributed by atoms with van der Waals surface area (Å²) in [4.78, 5) is 4.24. The lowest BCUT2D eigenvalue weighted by Crippen LogP contribution is -2.34. The molecule has 1 atom stereocenters. The van der Waals surface area contributed by atoms with Gasteiger partial charge in [-0.15, -0.1) is 0 Å². The van der Waals surface area contributed by atoms with Crippen molar-refractivity contribution < 1.29 is 4.74 Å². The second-order valence-corrected chi connectivity index (χ2v) is 4.88. The highest BCUT2D eigenvalue weighted by Gasteiger charge is 2.29. The molecule has 1 aliphatic heterocycles. The third-order valence-electron chi connectivity index (χ3n) is 2.98. The van der Waals surface area contributed by atoms with Crippen molar-refractivity contribution in [1.29, 1.82) is 0 Å². The van der Waals surface area contributed by atoms with Crippen LogP contribution in [0.3, 0.4) is 0 Å². The SMILES string of the molecule is CCCNc1cncc(NC2(C)CCOC2)c1. The summed E-state index contributed by atoms with van der Waals surface area (Å²) in [6, 6.07) is 2.10. The van der Waals surface area contributed by atoms with E-state index in [4.69, 9.17) is 4.74 Å². The molecule has 94 valence electrons. The summed E-state index contributed by atoms with van der Waals surface area (Å²) >= 11 is 0. The first-order valence-corrected chi connectivity index (χ1v) is 6.27. The number of pyridine rings is 1. The fourth-order valence-corrected chi connectivity index (χ4v) is 1.99. The Morgan fingerprint density at radius 3 is 2.94 bits per heavy atom. The highest BCUT2D eigenvalue weighted by molar-refractivity contribution is 5.55. The van der Waals surface area contributed by atoms with E-state index in [-0.39, 0.29) is 5.54 Å². The van der Waals surface area contributed by atoms with Crippen LogP contribution < -0.4 is 10.6 Å². The Bertz CT molecular complexity index is 361. The van der Waals surface area contributed by atoms with Gasteiger partial charge in [0.2, 0.25) is 0 Å². The van der Waals surface area contributed by atoms with Gasteiger partial charge in [0.05, 0.1) is 35.9 Å². The summed E-state index contributed by atoms with van der Waals surface area (Å²) in [7, 11) is 0. The fourth-order valence-electron chi connectivity index (χ4n) is 1.99. The van der Waals surface area contributed by atoms with Crippen LogP contribution in [-0.4, -0.2) is 30.3 Å². The molecule has 4 nitrogen and oxygen atoms in total. The first-order valence-electron chi connectivity index (χ1n) is 6.27. The second kappa shape index (κ2) is 5.36. The first-order chi connectivity index (χ1) is 8.22. The lowest BCUT2D eigenvalue weighted by Gasteiger charge is -2.25. The number of rotatable bonds is 5. The quantitative estimate of drug-likeness (QED) is 0.823. The molecule has 2 rings (SSSR count). The van der Waals surface area contributed by atoms with Crippen molar-refractivity contribution in [3.63, 3.8) is 0 Å². The lowest BCUT2D eigenvalue weighted by atomic mass is 10.0. The van der Waals surface area contributed by atoms with E-state index in [1.165, 1.54) is 0 Å². The lowest BCUT2D eigenvalue weighted by molar-refractivity contribution is 0.185. The van der Waals surface area contributed by atoms with Crippen LogP contribution in [-0.2, 0) is 4.74 Å². The van der Waals surface area contributed by atoms with Crippen molar-refractivity contribution >= 4 is 11.4 Å². The molecular weight excluding hydrogens is 214 g/mol. The van der Waals surface area contributed by atoms with Crippen LogP contribution in [0.5, 0.6) is 0 Å². The van der Waals surface area contributed by atoms with Crippen molar-refractivity contribution in [1.82, 2.24) is 4.98 Å². The zero-order valence-electron chi connectivity index (χ0n) is 10.6. The van der Waals surface area contributed by atoms with Crippen LogP contribution in [0, 0.1) is 0 Å².